The average Bonchev–Trinajstić information content (AvgIpc) is 1.52. The van der Waals surface area contributed by atoms with Gasteiger partial charge in [-0.25, -0.2) is 0 Å². The van der Waals surface area contributed by atoms with Gasteiger partial charge >= 0.3 is 0 Å². The standard InChI is InChI=1S/2C61H40N2/c1-5-17-41(18-6-1)42-29-33-48(34-30-42)62-55-28-16-14-25-49(55)51-39-43(31-36-56(51)62)44-32-37-57-52(40-44)60-58(63(57)47-23-11-4-12-24-47)38-35-54-59(60)50-26-13-15-27-53(50)61(54,45-19-7-2-8-20-45)46-21-9-3-10-22-46;1-5-17-41(18-6-1)42-29-33-48(34-30-42)62-55-28-16-14-26-50(55)52-39-43(31-36-56(52)62)44-32-37-57-53(40-44)59-58(63(57)47-23-11-4-12-24-47)38-35-51-49-25-13-15-27-54(49)61(60(51)59,45-19-7-2-8-20-45)46-21-9-3-10-22-46/h2*1-40H. The van der Waals surface area contributed by atoms with Crippen LogP contribution in [0.4, 0.5) is 0 Å². The van der Waals surface area contributed by atoms with Gasteiger partial charge in [-0.15, -0.1) is 0 Å². The Morgan fingerprint density at radius 2 is 0.437 bits per heavy atom. The van der Waals surface area contributed by atoms with Gasteiger partial charge in [0.1, 0.15) is 0 Å². The van der Waals surface area contributed by atoms with Crippen molar-refractivity contribution in [3.05, 3.63) is 530 Å². The van der Waals surface area contributed by atoms with Crippen molar-refractivity contribution in [2.24, 2.45) is 0 Å². The molecule has 588 valence electrons. The van der Waals surface area contributed by atoms with Crippen molar-refractivity contribution < 1.29 is 0 Å². The van der Waals surface area contributed by atoms with E-state index in [0.717, 1.165) is 22.7 Å². The quantitative estimate of drug-likeness (QED) is 0.116. The molecule has 0 atom stereocenters. The minimum absolute atomic E-state index is 0.484. The Kier molecular flexibility index (Phi) is 16.8. The Labute approximate surface area is 730 Å². The summed E-state index contributed by atoms with van der Waals surface area (Å²) in [5, 5.41) is 10.0. The Morgan fingerprint density at radius 3 is 0.881 bits per heavy atom. The zero-order valence-corrected chi connectivity index (χ0v) is 69.0. The summed E-state index contributed by atoms with van der Waals surface area (Å²) in [6, 6.07) is 179. The second-order valence-corrected chi connectivity index (χ2v) is 33.6. The van der Waals surface area contributed by atoms with Crippen LogP contribution in [-0.4, -0.2) is 18.3 Å². The summed E-state index contributed by atoms with van der Waals surface area (Å²) in [5.41, 5.74) is 38.4. The van der Waals surface area contributed by atoms with E-state index in [1.807, 2.05) is 0 Å². The molecule has 0 unspecified atom stereocenters. The lowest BCUT2D eigenvalue weighted by molar-refractivity contribution is 0.769. The summed E-state index contributed by atoms with van der Waals surface area (Å²) in [5.74, 6) is 0. The van der Waals surface area contributed by atoms with Crippen LogP contribution in [0, 0.1) is 0 Å². The van der Waals surface area contributed by atoms with E-state index in [0.29, 0.717) is 0 Å². The molecule has 4 nitrogen and oxygen atoms in total. The van der Waals surface area contributed by atoms with Crippen LogP contribution in [0.1, 0.15) is 44.5 Å². The molecule has 0 spiro atoms. The molecule has 0 fully saturated rings. The largest absolute Gasteiger partial charge is 0.309 e. The molecule has 0 saturated heterocycles. The highest BCUT2D eigenvalue weighted by molar-refractivity contribution is 6.21. The molecule has 2 aliphatic carbocycles. The molecule has 24 aromatic rings. The molecule has 4 heteroatoms. The zero-order valence-electron chi connectivity index (χ0n) is 69.0. The van der Waals surface area contributed by atoms with E-state index in [-0.39, 0.29) is 0 Å². The van der Waals surface area contributed by atoms with Gasteiger partial charge in [-0.2, -0.15) is 0 Å². The first-order chi connectivity index (χ1) is 62.5. The summed E-state index contributed by atoms with van der Waals surface area (Å²) in [6.07, 6.45) is 0. The van der Waals surface area contributed by atoms with Gasteiger partial charge in [0.25, 0.3) is 0 Å². The van der Waals surface area contributed by atoms with Crippen molar-refractivity contribution in [3.8, 4) is 89.5 Å². The topological polar surface area (TPSA) is 19.7 Å². The highest BCUT2D eigenvalue weighted by atomic mass is 15.0. The van der Waals surface area contributed by atoms with Gasteiger partial charge in [-0.05, 0) is 233 Å². The van der Waals surface area contributed by atoms with Crippen molar-refractivity contribution in [2.75, 3.05) is 0 Å². The SMILES string of the molecule is c1ccc(-c2ccc(-n3c4ccccc4c4cc(-c5ccc6c(c5)c5c7c(ccc5n6-c5ccccc5)-c5ccccc5C7(c5ccccc5)c5ccccc5)ccc43)cc2)cc1.c1ccc(-c2ccc(-n3c4ccccc4c4cc(-c5ccc6c(c5)c5c7c(ccc5n6-c5ccccc5)C(c5ccccc5)(c5ccccc5)c5ccccc5-7)ccc43)cc2)cc1. The zero-order chi connectivity index (χ0) is 83.0. The molecule has 0 saturated carbocycles. The minimum atomic E-state index is -0.542. The van der Waals surface area contributed by atoms with Crippen LogP contribution in [0.5, 0.6) is 0 Å². The van der Waals surface area contributed by atoms with Gasteiger partial charge in [-0.3, -0.25) is 0 Å². The molecule has 20 aromatic carbocycles. The summed E-state index contributed by atoms with van der Waals surface area (Å²) in [7, 11) is 0. The van der Waals surface area contributed by atoms with Crippen LogP contribution in [0.25, 0.3) is 177 Å². The first kappa shape index (κ1) is 72.4. The third kappa shape index (κ3) is 11.0. The molecular weight excluding hydrogens is 1520 g/mol. The normalized spacial score (nSPS) is 12.9. The second kappa shape index (κ2) is 29.2. The van der Waals surface area contributed by atoms with E-state index >= 15 is 0 Å². The average molecular weight is 1600 g/mol. The van der Waals surface area contributed by atoms with Crippen molar-refractivity contribution >= 4 is 87.2 Å². The monoisotopic (exact) mass is 1600 g/mol. The van der Waals surface area contributed by atoms with Crippen molar-refractivity contribution in [1.29, 1.82) is 0 Å². The van der Waals surface area contributed by atoms with E-state index in [4.69, 9.17) is 0 Å². The number of para-hydroxylation sites is 4. The van der Waals surface area contributed by atoms with Crippen molar-refractivity contribution in [2.45, 2.75) is 10.8 Å². The molecule has 4 aromatic heterocycles. The van der Waals surface area contributed by atoms with E-state index < -0.39 is 10.8 Å². The Bertz CT molecular complexity index is 8300. The molecule has 0 bridgehead atoms. The molecule has 2 aliphatic rings. The molecule has 4 heterocycles. The number of aromatic nitrogens is 4. The number of fused-ring (bicyclic) bond motifs is 20. The highest BCUT2D eigenvalue weighted by Gasteiger charge is 2.49. The first-order valence-electron chi connectivity index (χ1n) is 43.7. The molecule has 0 N–H and O–H groups in total. The van der Waals surface area contributed by atoms with Gasteiger partial charge in [0.05, 0.1) is 55.0 Å². The number of hydrogen-bond acceptors (Lipinski definition) is 0. The molecular formula is C122H80N4. The predicted molar refractivity (Wildman–Crippen MR) is 527 cm³/mol. The van der Waals surface area contributed by atoms with Gasteiger partial charge in [0.2, 0.25) is 0 Å². The van der Waals surface area contributed by atoms with Crippen LogP contribution in [-0.2, 0) is 10.8 Å². The highest BCUT2D eigenvalue weighted by Crippen LogP contribution is 2.62. The smallest absolute Gasteiger partial charge is 0.0720 e. The Hall–Kier alpha value is -16.4. The molecule has 0 radical (unpaired) electrons. The fourth-order valence-corrected chi connectivity index (χ4v) is 21.9. The van der Waals surface area contributed by atoms with E-state index in [2.05, 4.69) is 504 Å². The lowest BCUT2D eigenvalue weighted by atomic mass is 9.67. The maximum absolute atomic E-state index is 2.47. The van der Waals surface area contributed by atoms with Crippen LogP contribution in [0.2, 0.25) is 0 Å². The summed E-state index contributed by atoms with van der Waals surface area (Å²) >= 11 is 0. The van der Waals surface area contributed by atoms with E-state index in [1.54, 1.807) is 0 Å². The molecule has 126 heavy (non-hydrogen) atoms. The van der Waals surface area contributed by atoms with Crippen LogP contribution < -0.4 is 0 Å². The third-order valence-corrected chi connectivity index (χ3v) is 27.2. The number of hydrogen-bond donors (Lipinski definition) is 0. The van der Waals surface area contributed by atoms with Crippen LogP contribution in [0.3, 0.4) is 0 Å². The van der Waals surface area contributed by atoms with Gasteiger partial charge in [0, 0.05) is 65.8 Å². The lowest BCUT2D eigenvalue weighted by Gasteiger charge is -2.34. The lowest BCUT2D eigenvalue weighted by Crippen LogP contribution is -2.28. The number of benzene rings is 20. The minimum Gasteiger partial charge on any atom is -0.309 e. The number of nitrogens with zero attached hydrogens (tertiary/aromatic N) is 4. The summed E-state index contributed by atoms with van der Waals surface area (Å²) in [4.78, 5) is 0. The van der Waals surface area contributed by atoms with E-state index in [1.165, 1.54) is 198 Å². The van der Waals surface area contributed by atoms with Gasteiger partial charge < -0.3 is 18.3 Å². The first-order valence-corrected chi connectivity index (χ1v) is 43.7. The van der Waals surface area contributed by atoms with Crippen LogP contribution >= 0.6 is 0 Å². The summed E-state index contributed by atoms with van der Waals surface area (Å²) < 4.78 is 9.75. The van der Waals surface area contributed by atoms with Crippen molar-refractivity contribution in [3.63, 3.8) is 0 Å². The van der Waals surface area contributed by atoms with E-state index in [9.17, 15) is 0 Å². The predicted octanol–water partition coefficient (Wildman–Crippen LogP) is 31.2. The fourth-order valence-electron chi connectivity index (χ4n) is 21.9. The fraction of sp³-hybridized carbons (Fsp3) is 0.0164. The van der Waals surface area contributed by atoms with Crippen molar-refractivity contribution in [1.82, 2.24) is 18.3 Å². The third-order valence-electron chi connectivity index (χ3n) is 27.2. The Balaban J connectivity index is 0.000000137. The second-order valence-electron chi connectivity index (χ2n) is 33.6. The number of rotatable bonds is 12. The molecule has 0 amide bonds. The Morgan fingerprint density at radius 1 is 0.151 bits per heavy atom. The van der Waals surface area contributed by atoms with Crippen LogP contribution in [0.15, 0.2) is 485 Å². The van der Waals surface area contributed by atoms with Gasteiger partial charge in [-0.1, -0.05) is 364 Å². The molecule has 0 aliphatic heterocycles. The maximum Gasteiger partial charge on any atom is 0.0720 e. The maximum atomic E-state index is 2.47. The van der Waals surface area contributed by atoms with Gasteiger partial charge in [0.15, 0.2) is 0 Å². The summed E-state index contributed by atoms with van der Waals surface area (Å²) in [6.45, 7) is 0. The molecule has 26 rings (SSSR count).